The summed E-state index contributed by atoms with van der Waals surface area (Å²) in [7, 11) is 0. The van der Waals surface area contributed by atoms with Gasteiger partial charge in [0.05, 0.1) is 12.6 Å². The molecule has 4 nitrogen and oxygen atoms in total. The fourth-order valence-corrected chi connectivity index (χ4v) is 2.77. The van der Waals surface area contributed by atoms with Crippen LogP contribution in [0, 0.1) is 0 Å². The van der Waals surface area contributed by atoms with Crippen LogP contribution in [0.4, 0.5) is 0 Å². The monoisotopic (exact) mass is 260 g/mol. The molecule has 4 heteroatoms. The van der Waals surface area contributed by atoms with Gasteiger partial charge in [0.1, 0.15) is 5.75 Å². The molecule has 2 aliphatic heterocycles. The fourth-order valence-electron chi connectivity index (χ4n) is 2.77. The van der Waals surface area contributed by atoms with Crippen LogP contribution in [-0.4, -0.2) is 43.1 Å². The van der Waals surface area contributed by atoms with E-state index in [2.05, 4.69) is 23.5 Å². The molecular weight excluding hydrogens is 240 g/mol. The zero-order valence-corrected chi connectivity index (χ0v) is 11.3. The topological polar surface area (TPSA) is 41.6 Å². The predicted molar refractivity (Wildman–Crippen MR) is 73.4 cm³/mol. The third-order valence-electron chi connectivity index (χ3n) is 3.94. The molecular formula is C15H20N2O2. The molecule has 1 unspecified atom stereocenters. The number of rotatable bonds is 3. The van der Waals surface area contributed by atoms with Gasteiger partial charge in [-0.25, -0.2) is 0 Å². The van der Waals surface area contributed by atoms with E-state index in [1.54, 1.807) is 0 Å². The molecule has 2 aliphatic rings. The van der Waals surface area contributed by atoms with Crippen LogP contribution in [0.3, 0.4) is 0 Å². The van der Waals surface area contributed by atoms with Crippen molar-refractivity contribution < 1.29 is 9.53 Å². The van der Waals surface area contributed by atoms with Gasteiger partial charge in [0, 0.05) is 26.1 Å². The number of carbonyl (C=O) groups excluding carboxylic acids is 1. The Morgan fingerprint density at radius 1 is 1.47 bits per heavy atom. The normalized spacial score (nSPS) is 22.3. The zero-order valence-electron chi connectivity index (χ0n) is 11.3. The summed E-state index contributed by atoms with van der Waals surface area (Å²) in [5.41, 5.74) is 2.60. The molecule has 3 rings (SSSR count). The fraction of sp³-hybridized carbons (Fsp3) is 0.533. The number of nitrogens with zero attached hydrogens (tertiary/aromatic N) is 1. The Morgan fingerprint density at radius 2 is 2.37 bits per heavy atom. The number of hydrogen-bond donors (Lipinski definition) is 1. The second-order valence-corrected chi connectivity index (χ2v) is 5.29. The Kier molecular flexibility index (Phi) is 3.42. The molecule has 0 aliphatic carbocycles. The van der Waals surface area contributed by atoms with E-state index in [0.717, 1.165) is 44.8 Å². The molecule has 0 bridgehead atoms. The lowest BCUT2D eigenvalue weighted by molar-refractivity contribution is -0.135. The highest BCUT2D eigenvalue weighted by atomic mass is 16.5. The molecule has 1 amide bonds. The van der Waals surface area contributed by atoms with Gasteiger partial charge in [-0.3, -0.25) is 4.79 Å². The quantitative estimate of drug-likeness (QED) is 0.881. The number of piperazine rings is 1. The van der Waals surface area contributed by atoms with Crippen LogP contribution < -0.4 is 10.1 Å². The van der Waals surface area contributed by atoms with Gasteiger partial charge in [0.2, 0.25) is 5.91 Å². The van der Waals surface area contributed by atoms with E-state index in [1.807, 2.05) is 11.8 Å². The Balaban J connectivity index is 1.61. The summed E-state index contributed by atoms with van der Waals surface area (Å²) in [6.07, 6.45) is 1.93. The lowest BCUT2D eigenvalue weighted by Crippen LogP contribution is -2.54. The van der Waals surface area contributed by atoms with Crippen molar-refractivity contribution in [1.82, 2.24) is 10.2 Å². The Bertz CT molecular complexity index is 487. The number of ether oxygens (including phenoxy) is 1. The van der Waals surface area contributed by atoms with E-state index in [9.17, 15) is 4.79 Å². The highest BCUT2D eigenvalue weighted by Gasteiger charge is 2.24. The van der Waals surface area contributed by atoms with E-state index < -0.39 is 0 Å². The van der Waals surface area contributed by atoms with Crippen LogP contribution in [0.15, 0.2) is 18.2 Å². The average Bonchev–Trinajstić information content (AvgIpc) is 2.88. The first-order chi connectivity index (χ1) is 9.24. The van der Waals surface area contributed by atoms with Crippen molar-refractivity contribution in [3.63, 3.8) is 0 Å². The van der Waals surface area contributed by atoms with Crippen LogP contribution in [0.25, 0.3) is 0 Å². The average molecular weight is 260 g/mol. The largest absolute Gasteiger partial charge is 0.493 e. The molecule has 1 aromatic rings. The number of carbonyl (C=O) groups is 1. The molecule has 1 aromatic carbocycles. The smallest absolute Gasteiger partial charge is 0.239 e. The first kappa shape index (κ1) is 12.5. The van der Waals surface area contributed by atoms with Gasteiger partial charge >= 0.3 is 0 Å². The molecule has 1 saturated heterocycles. The first-order valence-electron chi connectivity index (χ1n) is 7.01. The lowest BCUT2D eigenvalue weighted by atomic mass is 10.1. The first-order valence-corrected chi connectivity index (χ1v) is 7.01. The molecule has 19 heavy (non-hydrogen) atoms. The van der Waals surface area contributed by atoms with Gasteiger partial charge in [-0.2, -0.15) is 0 Å². The summed E-state index contributed by atoms with van der Waals surface area (Å²) in [5, 5.41) is 3.19. The summed E-state index contributed by atoms with van der Waals surface area (Å²) in [6, 6.07) is 6.35. The highest BCUT2D eigenvalue weighted by Crippen LogP contribution is 2.26. The second kappa shape index (κ2) is 5.21. The van der Waals surface area contributed by atoms with Crippen molar-refractivity contribution in [3.05, 3.63) is 29.3 Å². The molecule has 1 fully saturated rings. The number of hydrogen-bond acceptors (Lipinski definition) is 3. The summed E-state index contributed by atoms with van der Waals surface area (Å²) in [6.45, 7) is 5.25. The summed E-state index contributed by atoms with van der Waals surface area (Å²) >= 11 is 0. The van der Waals surface area contributed by atoms with Crippen molar-refractivity contribution >= 4 is 5.91 Å². The third-order valence-corrected chi connectivity index (χ3v) is 3.94. The maximum absolute atomic E-state index is 12.0. The number of nitrogens with one attached hydrogen (secondary N) is 1. The SMILES string of the molecule is CC1NCCN(CCc2ccc3c(c2)CCO3)C1=O. The van der Waals surface area contributed by atoms with Crippen molar-refractivity contribution in [2.45, 2.75) is 25.8 Å². The second-order valence-electron chi connectivity index (χ2n) is 5.29. The molecule has 0 radical (unpaired) electrons. The van der Waals surface area contributed by atoms with Gasteiger partial charge in [-0.15, -0.1) is 0 Å². The number of fused-ring (bicyclic) bond motifs is 1. The van der Waals surface area contributed by atoms with E-state index in [-0.39, 0.29) is 11.9 Å². The number of amides is 1. The van der Waals surface area contributed by atoms with Gasteiger partial charge < -0.3 is 15.0 Å². The summed E-state index contributed by atoms with van der Waals surface area (Å²) in [4.78, 5) is 13.9. The Morgan fingerprint density at radius 3 is 3.26 bits per heavy atom. The van der Waals surface area contributed by atoms with Crippen LogP contribution in [-0.2, 0) is 17.6 Å². The zero-order chi connectivity index (χ0) is 13.2. The van der Waals surface area contributed by atoms with Crippen LogP contribution in [0.2, 0.25) is 0 Å². The van der Waals surface area contributed by atoms with Crippen LogP contribution in [0.1, 0.15) is 18.1 Å². The molecule has 0 saturated carbocycles. The minimum Gasteiger partial charge on any atom is -0.493 e. The molecule has 0 spiro atoms. The van der Waals surface area contributed by atoms with E-state index in [4.69, 9.17) is 4.74 Å². The summed E-state index contributed by atoms with van der Waals surface area (Å²) in [5.74, 6) is 1.24. The maximum Gasteiger partial charge on any atom is 0.239 e. The van der Waals surface area contributed by atoms with E-state index >= 15 is 0 Å². The van der Waals surface area contributed by atoms with Crippen molar-refractivity contribution in [2.75, 3.05) is 26.2 Å². The Hall–Kier alpha value is -1.55. The van der Waals surface area contributed by atoms with Crippen molar-refractivity contribution in [1.29, 1.82) is 0 Å². The van der Waals surface area contributed by atoms with Crippen LogP contribution in [0.5, 0.6) is 5.75 Å². The molecule has 102 valence electrons. The van der Waals surface area contributed by atoms with Gasteiger partial charge in [-0.1, -0.05) is 12.1 Å². The van der Waals surface area contributed by atoms with Crippen LogP contribution >= 0.6 is 0 Å². The van der Waals surface area contributed by atoms with E-state index in [1.165, 1.54) is 11.1 Å². The summed E-state index contributed by atoms with van der Waals surface area (Å²) < 4.78 is 5.51. The standard InChI is InChI=1S/C15H20N2O2/c1-11-15(18)17(8-6-16-11)7-4-12-2-3-14-13(10-12)5-9-19-14/h2-3,10-11,16H,4-9H2,1H3. The molecule has 2 heterocycles. The minimum atomic E-state index is -0.0397. The number of benzene rings is 1. The van der Waals surface area contributed by atoms with Crippen molar-refractivity contribution in [3.8, 4) is 5.75 Å². The Labute approximate surface area is 113 Å². The van der Waals surface area contributed by atoms with Gasteiger partial charge in [0.25, 0.3) is 0 Å². The van der Waals surface area contributed by atoms with Gasteiger partial charge in [-0.05, 0) is 30.5 Å². The van der Waals surface area contributed by atoms with E-state index in [0.29, 0.717) is 0 Å². The predicted octanol–water partition coefficient (Wildman–Crippen LogP) is 0.984. The third kappa shape index (κ3) is 2.59. The molecule has 1 atom stereocenters. The lowest BCUT2D eigenvalue weighted by Gasteiger charge is -2.31. The highest BCUT2D eigenvalue weighted by molar-refractivity contribution is 5.82. The van der Waals surface area contributed by atoms with Crippen molar-refractivity contribution in [2.24, 2.45) is 0 Å². The van der Waals surface area contributed by atoms with Gasteiger partial charge in [0.15, 0.2) is 0 Å². The molecule has 1 N–H and O–H groups in total. The minimum absolute atomic E-state index is 0.0397. The maximum atomic E-state index is 12.0. The molecule has 0 aromatic heterocycles.